The van der Waals surface area contributed by atoms with E-state index in [2.05, 4.69) is 0 Å². The standard InChI is InChI=1S/C32H36O7S/c33-29(11-7-13-31(34)35)30(40-28-20-16-25(17-21-28)32(36)37)12-6-8-24-14-18-27(19-15-24)39-23-5-4-22-38-26-9-2-1-3-10-26/h1-3,6,9-10,12,14-21,29-30,33H,4-5,7-8,11,13,22-23H2,(H,34,35)(H,36,37)/b12-6-/t29-,30+/m0/s1. The molecular weight excluding hydrogens is 528 g/mol. The minimum absolute atomic E-state index is 0.00134. The molecule has 0 radical (unpaired) electrons. The van der Waals surface area contributed by atoms with Gasteiger partial charge in [-0.3, -0.25) is 4.79 Å². The lowest BCUT2D eigenvalue weighted by atomic mass is 10.1. The first-order chi connectivity index (χ1) is 19.4. The number of aliphatic hydroxyl groups excluding tert-OH is 1. The van der Waals surface area contributed by atoms with Gasteiger partial charge in [-0.15, -0.1) is 11.8 Å². The van der Waals surface area contributed by atoms with Crippen LogP contribution in [0, 0.1) is 0 Å². The highest BCUT2D eigenvalue weighted by atomic mass is 32.2. The molecule has 0 aliphatic carbocycles. The van der Waals surface area contributed by atoms with E-state index in [1.807, 2.05) is 66.7 Å². The molecule has 3 aromatic rings. The Balaban J connectivity index is 1.46. The van der Waals surface area contributed by atoms with Crippen molar-refractivity contribution in [1.29, 1.82) is 0 Å². The Morgan fingerprint density at radius 2 is 1.43 bits per heavy atom. The third-order valence-corrected chi connectivity index (χ3v) is 7.35. The molecule has 3 rings (SSSR count). The van der Waals surface area contributed by atoms with Crippen LogP contribution in [0.1, 0.15) is 48.0 Å². The lowest BCUT2D eigenvalue weighted by Gasteiger charge is -2.19. The van der Waals surface area contributed by atoms with Crippen LogP contribution in [0.4, 0.5) is 0 Å². The van der Waals surface area contributed by atoms with Crippen LogP contribution in [0.3, 0.4) is 0 Å². The van der Waals surface area contributed by atoms with Gasteiger partial charge in [0.25, 0.3) is 0 Å². The molecule has 7 nitrogen and oxygen atoms in total. The Kier molecular flexibility index (Phi) is 13.1. The third kappa shape index (κ3) is 11.6. The van der Waals surface area contributed by atoms with Crippen LogP contribution in [-0.2, 0) is 11.2 Å². The first kappa shape index (κ1) is 30.8. The molecule has 40 heavy (non-hydrogen) atoms. The van der Waals surface area contributed by atoms with E-state index in [9.17, 15) is 14.7 Å². The van der Waals surface area contributed by atoms with Crippen molar-refractivity contribution in [2.75, 3.05) is 13.2 Å². The van der Waals surface area contributed by atoms with Crippen molar-refractivity contribution in [3.05, 3.63) is 102 Å². The molecule has 0 bridgehead atoms. The summed E-state index contributed by atoms with van der Waals surface area (Å²) in [7, 11) is 0. The zero-order valence-corrected chi connectivity index (χ0v) is 23.2. The van der Waals surface area contributed by atoms with Crippen molar-refractivity contribution in [1.82, 2.24) is 0 Å². The maximum Gasteiger partial charge on any atom is 0.335 e. The zero-order valence-electron chi connectivity index (χ0n) is 22.4. The van der Waals surface area contributed by atoms with Crippen LogP contribution in [0.5, 0.6) is 11.5 Å². The van der Waals surface area contributed by atoms with E-state index >= 15 is 0 Å². The van der Waals surface area contributed by atoms with Crippen molar-refractivity contribution >= 4 is 23.7 Å². The maximum absolute atomic E-state index is 11.1. The topological polar surface area (TPSA) is 113 Å². The molecule has 212 valence electrons. The van der Waals surface area contributed by atoms with Gasteiger partial charge in [-0.25, -0.2) is 4.79 Å². The SMILES string of the molecule is O=C(O)CCC[C@H](O)[C@@H](/C=C\Cc1ccc(OCCCCOc2ccccc2)cc1)Sc1ccc(C(=O)O)cc1. The number of carbonyl (C=O) groups is 2. The van der Waals surface area contributed by atoms with Gasteiger partial charge >= 0.3 is 11.9 Å². The summed E-state index contributed by atoms with van der Waals surface area (Å²) in [6, 6.07) is 24.2. The number of carboxylic acid groups (broad SMARTS) is 2. The Labute approximate surface area is 239 Å². The predicted octanol–water partition coefficient (Wildman–Crippen LogP) is 6.50. The van der Waals surface area contributed by atoms with Crippen molar-refractivity contribution in [2.45, 2.75) is 54.8 Å². The van der Waals surface area contributed by atoms with E-state index < -0.39 is 18.0 Å². The number of ether oxygens (including phenoxy) is 2. The summed E-state index contributed by atoms with van der Waals surface area (Å²) in [4.78, 5) is 22.8. The number of carboxylic acids is 2. The molecule has 0 amide bonds. The number of unbranched alkanes of at least 4 members (excludes halogenated alkanes) is 1. The second-order valence-electron chi connectivity index (χ2n) is 9.26. The Morgan fingerprint density at radius 3 is 2.02 bits per heavy atom. The summed E-state index contributed by atoms with van der Waals surface area (Å²) in [6.45, 7) is 1.27. The molecule has 0 fully saturated rings. The van der Waals surface area contributed by atoms with Crippen LogP contribution in [0.25, 0.3) is 0 Å². The second-order valence-corrected chi connectivity index (χ2v) is 10.5. The monoisotopic (exact) mass is 564 g/mol. The number of rotatable bonds is 18. The number of hydrogen-bond donors (Lipinski definition) is 3. The number of benzene rings is 3. The predicted molar refractivity (Wildman–Crippen MR) is 156 cm³/mol. The highest BCUT2D eigenvalue weighted by molar-refractivity contribution is 8.00. The fraction of sp³-hybridized carbons (Fsp3) is 0.312. The van der Waals surface area contributed by atoms with Gasteiger partial charge in [-0.1, -0.05) is 42.5 Å². The molecule has 0 aliphatic rings. The Morgan fingerprint density at radius 1 is 0.800 bits per heavy atom. The normalized spacial score (nSPS) is 12.6. The number of hydrogen-bond acceptors (Lipinski definition) is 6. The minimum atomic E-state index is -0.994. The van der Waals surface area contributed by atoms with Gasteiger partial charge < -0.3 is 24.8 Å². The lowest BCUT2D eigenvalue weighted by Crippen LogP contribution is -2.21. The fourth-order valence-electron chi connectivity index (χ4n) is 3.87. The van der Waals surface area contributed by atoms with Gasteiger partial charge in [0.2, 0.25) is 0 Å². The van der Waals surface area contributed by atoms with Crippen molar-refractivity contribution < 1.29 is 34.4 Å². The lowest BCUT2D eigenvalue weighted by molar-refractivity contribution is -0.137. The highest BCUT2D eigenvalue weighted by Crippen LogP contribution is 2.29. The summed E-state index contributed by atoms with van der Waals surface area (Å²) in [5.74, 6) is -0.198. The number of allylic oxidation sites excluding steroid dienone is 1. The minimum Gasteiger partial charge on any atom is -0.494 e. The van der Waals surface area contributed by atoms with Gasteiger partial charge in [0.05, 0.1) is 30.1 Å². The van der Waals surface area contributed by atoms with Crippen molar-refractivity contribution in [3.8, 4) is 11.5 Å². The molecule has 8 heteroatoms. The molecule has 3 N–H and O–H groups in total. The van der Waals surface area contributed by atoms with Gasteiger partial charge in [-0.2, -0.15) is 0 Å². The molecule has 3 aromatic carbocycles. The number of aliphatic hydroxyl groups is 1. The number of aliphatic carboxylic acids is 1. The van der Waals surface area contributed by atoms with E-state index in [1.165, 1.54) is 23.9 Å². The summed E-state index contributed by atoms with van der Waals surface area (Å²) < 4.78 is 11.5. The van der Waals surface area contributed by atoms with Gasteiger partial charge in [0, 0.05) is 11.3 Å². The van der Waals surface area contributed by atoms with Gasteiger partial charge in [0.1, 0.15) is 11.5 Å². The summed E-state index contributed by atoms with van der Waals surface area (Å²) in [5, 5.41) is 28.5. The summed E-state index contributed by atoms with van der Waals surface area (Å²) in [6.07, 6.45) is 6.37. The number of thioether (sulfide) groups is 1. The third-order valence-electron chi connectivity index (χ3n) is 6.07. The molecule has 0 spiro atoms. The number of aromatic carboxylic acids is 1. The molecule has 0 saturated heterocycles. The molecule has 0 heterocycles. The van der Waals surface area contributed by atoms with Crippen molar-refractivity contribution in [3.63, 3.8) is 0 Å². The second kappa shape index (κ2) is 17.0. The Hall–Kier alpha value is -3.75. The quantitative estimate of drug-likeness (QED) is 0.0912. The first-order valence-electron chi connectivity index (χ1n) is 13.4. The average molecular weight is 565 g/mol. The van der Waals surface area contributed by atoms with E-state index in [4.69, 9.17) is 19.7 Å². The summed E-state index contributed by atoms with van der Waals surface area (Å²) in [5.41, 5.74) is 1.29. The van der Waals surface area contributed by atoms with E-state index in [1.54, 1.807) is 12.1 Å². The molecule has 2 atom stereocenters. The van der Waals surface area contributed by atoms with Crippen LogP contribution < -0.4 is 9.47 Å². The van der Waals surface area contributed by atoms with Crippen molar-refractivity contribution in [2.24, 2.45) is 0 Å². The molecular formula is C32H36O7S. The van der Waals surface area contributed by atoms with E-state index in [0.29, 0.717) is 32.5 Å². The maximum atomic E-state index is 11.1. The van der Waals surface area contributed by atoms with Gasteiger partial charge in [-0.05, 0) is 86.2 Å². The van der Waals surface area contributed by atoms with E-state index in [0.717, 1.165) is 34.8 Å². The molecule has 0 unspecified atom stereocenters. The molecule has 0 saturated carbocycles. The van der Waals surface area contributed by atoms with E-state index in [-0.39, 0.29) is 17.2 Å². The first-order valence-corrected chi connectivity index (χ1v) is 14.2. The van der Waals surface area contributed by atoms with Crippen LogP contribution in [-0.4, -0.2) is 51.8 Å². The smallest absolute Gasteiger partial charge is 0.335 e. The van der Waals surface area contributed by atoms with Crippen LogP contribution in [0.2, 0.25) is 0 Å². The largest absolute Gasteiger partial charge is 0.494 e. The Bertz CT molecular complexity index is 1190. The van der Waals surface area contributed by atoms with Gasteiger partial charge in [0.15, 0.2) is 0 Å². The average Bonchev–Trinajstić information content (AvgIpc) is 2.95. The van der Waals surface area contributed by atoms with Crippen LogP contribution in [0.15, 0.2) is 95.9 Å². The fourth-order valence-corrected chi connectivity index (χ4v) is 4.96. The summed E-state index contributed by atoms with van der Waals surface area (Å²) >= 11 is 1.42. The number of para-hydroxylation sites is 1. The molecule has 0 aromatic heterocycles. The highest BCUT2D eigenvalue weighted by Gasteiger charge is 2.18. The molecule has 0 aliphatic heterocycles. The zero-order chi connectivity index (χ0) is 28.6. The van der Waals surface area contributed by atoms with Crippen LogP contribution >= 0.6 is 11.8 Å².